The molecule has 0 aliphatic carbocycles. The maximum absolute atomic E-state index is 11.6. The van der Waals surface area contributed by atoms with Crippen molar-refractivity contribution in [2.75, 3.05) is 19.0 Å². The first kappa shape index (κ1) is 10.3. The van der Waals surface area contributed by atoms with Crippen molar-refractivity contribution in [1.82, 2.24) is 3.33 Å². The summed E-state index contributed by atoms with van der Waals surface area (Å²) < 4.78 is 34.1. The summed E-state index contributed by atoms with van der Waals surface area (Å²) in [7, 11) is -3.39. The molecular weight excluding hydrogens is 225 g/mol. The first-order chi connectivity index (χ1) is 4.54. The molecule has 0 spiro atoms. The van der Waals surface area contributed by atoms with E-state index in [1.165, 1.54) is 0 Å². The smallest absolute Gasteiger partial charge is 0.226 e. The van der Waals surface area contributed by atoms with Crippen molar-refractivity contribution in [3.05, 3.63) is 0 Å². The van der Waals surface area contributed by atoms with E-state index in [-0.39, 0.29) is 0 Å². The van der Waals surface area contributed by atoms with Crippen molar-refractivity contribution < 1.29 is 12.8 Å². The predicted octanol–water partition coefficient (Wildman–Crippen LogP) is 0.918. The Morgan fingerprint density at radius 2 is 2.10 bits per heavy atom. The molecule has 0 radical (unpaired) electrons. The molecule has 0 aromatic rings. The Balaban J connectivity index is 4.12. The molecule has 0 aromatic heterocycles. The molecule has 0 bridgehead atoms. The van der Waals surface area contributed by atoms with Crippen molar-refractivity contribution in [2.45, 2.75) is 6.92 Å². The average molecular weight is 234 g/mol. The second-order valence-corrected chi connectivity index (χ2v) is 4.95. The van der Waals surface area contributed by atoms with Crippen LogP contribution in [0.1, 0.15) is 6.92 Å². The summed E-state index contributed by atoms with van der Waals surface area (Å²) in [5.74, 6) is -0.452. The first-order valence-electron chi connectivity index (χ1n) is 2.76. The van der Waals surface area contributed by atoms with E-state index < -0.39 is 22.5 Å². The second-order valence-electron chi connectivity index (χ2n) is 1.61. The third-order valence-electron chi connectivity index (χ3n) is 0.886. The van der Waals surface area contributed by atoms with Gasteiger partial charge < -0.3 is 0 Å². The van der Waals surface area contributed by atoms with Crippen LogP contribution >= 0.6 is 16.1 Å². The van der Waals surface area contributed by atoms with Gasteiger partial charge in [-0.1, -0.05) is 6.92 Å². The maximum Gasteiger partial charge on any atom is 0.226 e. The molecule has 0 amide bonds. The minimum absolute atomic E-state index is 0.308. The zero-order valence-electron chi connectivity index (χ0n) is 5.55. The lowest BCUT2D eigenvalue weighted by Crippen LogP contribution is -2.24. The van der Waals surface area contributed by atoms with Crippen LogP contribution in [0, 0.1) is 0 Å². The molecule has 0 fully saturated rings. The van der Waals surface area contributed by atoms with Gasteiger partial charge in [-0.15, -0.1) is 3.33 Å². The standard InChI is InChI=1S/C4H9BrFNO2S/c1-2-7(5)10(8,9)4-3-6/h2-4H2,1H3. The number of nitrogens with zero attached hydrogens (tertiary/aromatic N) is 1. The lowest BCUT2D eigenvalue weighted by atomic mass is 10.8. The van der Waals surface area contributed by atoms with Gasteiger partial charge in [-0.3, -0.25) is 0 Å². The van der Waals surface area contributed by atoms with Gasteiger partial charge in [0.05, 0.1) is 5.75 Å². The van der Waals surface area contributed by atoms with E-state index in [0.29, 0.717) is 6.54 Å². The molecule has 0 heterocycles. The van der Waals surface area contributed by atoms with E-state index in [2.05, 4.69) is 16.1 Å². The van der Waals surface area contributed by atoms with Crippen molar-refractivity contribution in [3.8, 4) is 0 Å². The zero-order valence-corrected chi connectivity index (χ0v) is 7.95. The van der Waals surface area contributed by atoms with Crippen LogP contribution in [-0.4, -0.2) is 30.7 Å². The van der Waals surface area contributed by atoms with Gasteiger partial charge in [-0.25, -0.2) is 12.8 Å². The van der Waals surface area contributed by atoms with Crippen LogP contribution in [0.5, 0.6) is 0 Å². The topological polar surface area (TPSA) is 37.4 Å². The lowest BCUT2D eigenvalue weighted by Gasteiger charge is -2.09. The molecule has 0 atom stereocenters. The van der Waals surface area contributed by atoms with Crippen molar-refractivity contribution in [3.63, 3.8) is 0 Å². The summed E-state index contributed by atoms with van der Waals surface area (Å²) >= 11 is 2.78. The quantitative estimate of drug-likeness (QED) is 0.678. The fourth-order valence-electron chi connectivity index (χ4n) is 0.393. The Kier molecular flexibility index (Phi) is 4.39. The lowest BCUT2D eigenvalue weighted by molar-refractivity contribution is 0.503. The highest BCUT2D eigenvalue weighted by Gasteiger charge is 2.16. The second kappa shape index (κ2) is 4.25. The van der Waals surface area contributed by atoms with E-state index in [4.69, 9.17) is 0 Å². The van der Waals surface area contributed by atoms with Crippen LogP contribution in [0.15, 0.2) is 0 Å². The van der Waals surface area contributed by atoms with E-state index in [9.17, 15) is 12.8 Å². The molecule has 3 nitrogen and oxygen atoms in total. The SMILES string of the molecule is CCN(Br)S(=O)(=O)CCF. The Labute approximate surface area is 68.6 Å². The van der Waals surface area contributed by atoms with Crippen LogP contribution in [-0.2, 0) is 10.0 Å². The highest BCUT2D eigenvalue weighted by atomic mass is 79.9. The maximum atomic E-state index is 11.6. The first-order valence-corrected chi connectivity index (χ1v) is 5.08. The van der Waals surface area contributed by atoms with Gasteiger partial charge in [0, 0.05) is 22.7 Å². The third-order valence-corrected chi connectivity index (χ3v) is 4.24. The normalized spacial score (nSPS) is 12.4. The van der Waals surface area contributed by atoms with Crippen LogP contribution in [0.2, 0.25) is 0 Å². The fourth-order valence-corrected chi connectivity index (χ4v) is 1.61. The van der Waals surface area contributed by atoms with Gasteiger partial charge in [-0.05, 0) is 0 Å². The molecule has 0 aromatic carbocycles. The number of hydrogen-bond acceptors (Lipinski definition) is 2. The molecule has 0 aliphatic rings. The van der Waals surface area contributed by atoms with Crippen LogP contribution in [0.3, 0.4) is 0 Å². The molecule has 0 N–H and O–H groups in total. The number of hydrogen-bond donors (Lipinski definition) is 0. The van der Waals surface area contributed by atoms with E-state index in [0.717, 1.165) is 3.33 Å². The molecule has 10 heavy (non-hydrogen) atoms. The summed E-state index contributed by atoms with van der Waals surface area (Å²) in [4.78, 5) is 0. The molecule has 0 aliphatic heterocycles. The Morgan fingerprint density at radius 1 is 1.60 bits per heavy atom. The minimum atomic E-state index is -3.39. The summed E-state index contributed by atoms with van der Waals surface area (Å²) in [6.07, 6.45) is 0. The molecular formula is C4H9BrFNO2S. The van der Waals surface area contributed by atoms with Gasteiger partial charge >= 0.3 is 0 Å². The number of alkyl halides is 1. The number of sulfonamides is 1. The van der Waals surface area contributed by atoms with Crippen LogP contribution in [0.25, 0.3) is 0 Å². The summed E-state index contributed by atoms with van der Waals surface area (Å²) in [5, 5.41) is 0. The third kappa shape index (κ3) is 2.94. The zero-order chi connectivity index (χ0) is 8.20. The van der Waals surface area contributed by atoms with E-state index >= 15 is 0 Å². The Bertz CT molecular complexity index is 182. The number of halogens is 2. The number of rotatable bonds is 4. The van der Waals surface area contributed by atoms with Crippen LogP contribution < -0.4 is 0 Å². The summed E-state index contributed by atoms with van der Waals surface area (Å²) in [6, 6.07) is 0. The molecule has 0 saturated carbocycles. The highest BCUT2D eigenvalue weighted by Crippen LogP contribution is 2.06. The molecule has 0 unspecified atom stereocenters. The molecule has 0 saturated heterocycles. The highest BCUT2D eigenvalue weighted by molar-refractivity contribution is 9.08. The predicted molar refractivity (Wildman–Crippen MR) is 41.1 cm³/mol. The summed E-state index contributed by atoms with van der Waals surface area (Å²) in [5.41, 5.74) is 0. The minimum Gasteiger partial charge on any atom is -0.250 e. The van der Waals surface area contributed by atoms with Gasteiger partial charge in [0.2, 0.25) is 10.0 Å². The van der Waals surface area contributed by atoms with Gasteiger partial charge in [0.25, 0.3) is 0 Å². The van der Waals surface area contributed by atoms with Crippen molar-refractivity contribution >= 4 is 26.2 Å². The average Bonchev–Trinajstić information content (AvgIpc) is 1.86. The summed E-state index contributed by atoms with van der Waals surface area (Å²) in [6.45, 7) is 1.12. The molecule has 6 heteroatoms. The van der Waals surface area contributed by atoms with Gasteiger partial charge in [-0.2, -0.15) is 0 Å². The molecule has 0 rings (SSSR count). The Hall–Kier alpha value is 0.320. The monoisotopic (exact) mass is 233 g/mol. The van der Waals surface area contributed by atoms with E-state index in [1.807, 2.05) is 0 Å². The Morgan fingerprint density at radius 3 is 2.40 bits per heavy atom. The van der Waals surface area contributed by atoms with Crippen LogP contribution in [0.4, 0.5) is 4.39 Å². The van der Waals surface area contributed by atoms with E-state index in [1.54, 1.807) is 6.92 Å². The van der Waals surface area contributed by atoms with Gasteiger partial charge in [0.1, 0.15) is 6.67 Å². The van der Waals surface area contributed by atoms with Crippen molar-refractivity contribution in [1.29, 1.82) is 0 Å². The van der Waals surface area contributed by atoms with Gasteiger partial charge in [0.15, 0.2) is 0 Å². The molecule has 62 valence electrons. The fraction of sp³-hybridized carbons (Fsp3) is 1.00. The largest absolute Gasteiger partial charge is 0.250 e. The van der Waals surface area contributed by atoms with Crippen molar-refractivity contribution in [2.24, 2.45) is 0 Å².